The third-order valence-electron chi connectivity index (χ3n) is 2.08. The van der Waals surface area contributed by atoms with E-state index < -0.39 is 0 Å². The molecule has 0 aliphatic carbocycles. The Morgan fingerprint density at radius 1 is 0.773 bits per heavy atom. The molecule has 10 nitrogen and oxygen atoms in total. The summed E-state index contributed by atoms with van der Waals surface area (Å²) in [5.41, 5.74) is -0.374. The maximum atomic E-state index is 9.06. The Bertz CT molecular complexity index is 726. The van der Waals surface area contributed by atoms with Gasteiger partial charge in [-0.1, -0.05) is 0 Å². The number of aliphatic imine (C=N–C) groups is 2. The first-order valence-electron chi connectivity index (χ1n) is 5.70. The molecule has 2 aromatic rings. The standard InChI is InChI=1S/C12H6N10/c13-1-9(17-3-11-19-5-15-6-20-11)10(2-14)18-4-12-21-7-16-8-22-12/h3-8H/b10-9+,17-3?,18-4?. The van der Waals surface area contributed by atoms with Crippen LogP contribution in [0.5, 0.6) is 0 Å². The molecule has 0 saturated carbocycles. The fraction of sp³-hybridized carbons (Fsp3) is 0. The van der Waals surface area contributed by atoms with Gasteiger partial charge < -0.3 is 0 Å². The molecule has 2 heterocycles. The lowest BCUT2D eigenvalue weighted by atomic mass is 10.3. The summed E-state index contributed by atoms with van der Waals surface area (Å²) in [6.07, 6.45) is 7.61. The zero-order valence-electron chi connectivity index (χ0n) is 10.9. The average Bonchev–Trinajstić information content (AvgIpc) is 2.59. The molecule has 0 aromatic carbocycles. The van der Waals surface area contributed by atoms with E-state index in [1.54, 1.807) is 12.1 Å². The van der Waals surface area contributed by atoms with Crippen molar-refractivity contribution in [2.24, 2.45) is 9.98 Å². The van der Waals surface area contributed by atoms with Gasteiger partial charge in [0.15, 0.2) is 23.0 Å². The van der Waals surface area contributed by atoms with Crippen LogP contribution in [0.4, 0.5) is 0 Å². The highest BCUT2D eigenvalue weighted by Gasteiger charge is 2.03. The summed E-state index contributed by atoms with van der Waals surface area (Å²) in [5.74, 6) is 0.503. The Morgan fingerprint density at radius 3 is 1.45 bits per heavy atom. The van der Waals surface area contributed by atoms with Crippen molar-refractivity contribution in [2.75, 3.05) is 0 Å². The number of hydrogen-bond acceptors (Lipinski definition) is 10. The van der Waals surface area contributed by atoms with Crippen LogP contribution in [0.3, 0.4) is 0 Å². The van der Waals surface area contributed by atoms with Crippen molar-refractivity contribution in [2.45, 2.75) is 0 Å². The van der Waals surface area contributed by atoms with E-state index >= 15 is 0 Å². The highest BCUT2D eigenvalue weighted by molar-refractivity contribution is 5.77. The minimum absolute atomic E-state index is 0.187. The van der Waals surface area contributed by atoms with Gasteiger partial charge >= 0.3 is 0 Å². The molecule has 0 fully saturated rings. The minimum atomic E-state index is -0.187. The largest absolute Gasteiger partial charge is 0.239 e. The SMILES string of the molecule is N#C/C(N=Cc1ncncn1)=C(/C#N)N=Cc1ncncn1. The summed E-state index contributed by atoms with van der Waals surface area (Å²) in [6.45, 7) is 0. The summed E-state index contributed by atoms with van der Waals surface area (Å²) in [7, 11) is 0. The highest BCUT2D eigenvalue weighted by Crippen LogP contribution is 2.06. The van der Waals surface area contributed by atoms with Gasteiger partial charge in [-0.3, -0.25) is 0 Å². The smallest absolute Gasteiger partial charge is 0.177 e. The summed E-state index contributed by atoms with van der Waals surface area (Å²) in [5, 5.41) is 18.1. The number of allylic oxidation sites excluding steroid dienone is 2. The lowest BCUT2D eigenvalue weighted by Gasteiger charge is -1.92. The van der Waals surface area contributed by atoms with Crippen LogP contribution in [0.1, 0.15) is 11.6 Å². The number of nitriles is 2. The van der Waals surface area contributed by atoms with Crippen molar-refractivity contribution >= 4 is 12.4 Å². The summed E-state index contributed by atoms with van der Waals surface area (Å²) >= 11 is 0. The van der Waals surface area contributed by atoms with Gasteiger partial charge in [0.05, 0.1) is 12.4 Å². The molecule has 0 N–H and O–H groups in total. The molecule has 0 atom stereocenters. The maximum absolute atomic E-state index is 9.06. The fourth-order valence-corrected chi connectivity index (χ4v) is 1.16. The van der Waals surface area contributed by atoms with Gasteiger partial charge in [-0.2, -0.15) is 10.5 Å². The van der Waals surface area contributed by atoms with Crippen molar-refractivity contribution in [3.8, 4) is 12.1 Å². The van der Waals surface area contributed by atoms with Crippen LogP contribution < -0.4 is 0 Å². The molecular weight excluding hydrogens is 284 g/mol. The minimum Gasteiger partial charge on any atom is -0.239 e. The first-order valence-corrected chi connectivity index (χ1v) is 5.70. The number of nitrogens with zero attached hydrogens (tertiary/aromatic N) is 10. The van der Waals surface area contributed by atoms with Crippen molar-refractivity contribution in [3.05, 3.63) is 48.4 Å². The van der Waals surface area contributed by atoms with Gasteiger partial charge in [-0.15, -0.1) is 0 Å². The van der Waals surface area contributed by atoms with Crippen molar-refractivity contribution in [3.63, 3.8) is 0 Å². The predicted molar refractivity (Wildman–Crippen MR) is 73.1 cm³/mol. The van der Waals surface area contributed by atoms with Crippen molar-refractivity contribution in [1.29, 1.82) is 10.5 Å². The molecular formula is C12H6N10. The molecule has 22 heavy (non-hydrogen) atoms. The molecule has 0 saturated heterocycles. The Balaban J connectivity index is 2.27. The van der Waals surface area contributed by atoms with Gasteiger partial charge in [0.25, 0.3) is 0 Å². The molecule has 0 amide bonds. The second-order valence-corrected chi connectivity index (χ2v) is 3.43. The van der Waals surface area contributed by atoms with Crippen LogP contribution in [0.2, 0.25) is 0 Å². The Labute approximate surface area is 124 Å². The molecule has 2 aromatic heterocycles. The van der Waals surface area contributed by atoms with Crippen LogP contribution in [0.25, 0.3) is 0 Å². The summed E-state index contributed by atoms with van der Waals surface area (Å²) in [6, 6.07) is 3.56. The molecule has 2 rings (SSSR count). The maximum Gasteiger partial charge on any atom is 0.177 e. The van der Waals surface area contributed by atoms with Crippen LogP contribution in [-0.4, -0.2) is 42.3 Å². The van der Waals surface area contributed by atoms with Crippen LogP contribution >= 0.6 is 0 Å². The molecule has 0 aliphatic rings. The third-order valence-corrected chi connectivity index (χ3v) is 2.08. The lowest BCUT2D eigenvalue weighted by Crippen LogP contribution is -1.95. The zero-order chi connectivity index (χ0) is 15.6. The molecule has 0 aliphatic heterocycles. The first kappa shape index (κ1) is 14.5. The van der Waals surface area contributed by atoms with Crippen molar-refractivity contribution < 1.29 is 0 Å². The average molecular weight is 290 g/mol. The number of hydrogen-bond donors (Lipinski definition) is 0. The van der Waals surface area contributed by atoms with E-state index in [4.69, 9.17) is 10.5 Å². The summed E-state index contributed by atoms with van der Waals surface area (Å²) in [4.78, 5) is 30.2. The quantitative estimate of drug-likeness (QED) is 0.557. The third kappa shape index (κ3) is 4.04. The molecule has 104 valence electrons. The van der Waals surface area contributed by atoms with E-state index in [1.807, 2.05) is 0 Å². The second kappa shape index (κ2) is 7.62. The highest BCUT2D eigenvalue weighted by atomic mass is 15.0. The second-order valence-electron chi connectivity index (χ2n) is 3.43. The number of aromatic nitrogens is 6. The topological polar surface area (TPSA) is 150 Å². The van der Waals surface area contributed by atoms with Crippen LogP contribution in [0, 0.1) is 22.7 Å². The first-order chi connectivity index (χ1) is 10.8. The molecule has 0 unspecified atom stereocenters. The molecule has 0 radical (unpaired) electrons. The van der Waals surface area contributed by atoms with Crippen LogP contribution in [0.15, 0.2) is 46.7 Å². The van der Waals surface area contributed by atoms with Gasteiger partial charge in [0.1, 0.15) is 37.4 Å². The lowest BCUT2D eigenvalue weighted by molar-refractivity contribution is 1.03. The fourth-order valence-electron chi connectivity index (χ4n) is 1.16. The van der Waals surface area contributed by atoms with Gasteiger partial charge in [-0.25, -0.2) is 39.9 Å². The van der Waals surface area contributed by atoms with E-state index in [0.29, 0.717) is 0 Å². The predicted octanol–water partition coefficient (Wildman–Crippen LogP) is -0.147. The Morgan fingerprint density at radius 2 is 1.14 bits per heavy atom. The normalized spacial score (nSPS) is 11.9. The molecule has 0 bridgehead atoms. The van der Waals surface area contributed by atoms with Gasteiger partial charge in [0, 0.05) is 0 Å². The summed E-state index contributed by atoms with van der Waals surface area (Å²) < 4.78 is 0. The van der Waals surface area contributed by atoms with Crippen LogP contribution in [-0.2, 0) is 0 Å². The van der Waals surface area contributed by atoms with E-state index in [0.717, 1.165) is 0 Å². The number of rotatable bonds is 4. The van der Waals surface area contributed by atoms with E-state index in [-0.39, 0.29) is 23.0 Å². The van der Waals surface area contributed by atoms with E-state index in [1.165, 1.54) is 37.7 Å². The molecule has 10 heteroatoms. The van der Waals surface area contributed by atoms with Gasteiger partial charge in [-0.05, 0) is 0 Å². The molecule has 0 spiro atoms. The monoisotopic (exact) mass is 290 g/mol. The zero-order valence-corrected chi connectivity index (χ0v) is 10.9. The van der Waals surface area contributed by atoms with E-state index in [9.17, 15) is 0 Å². The van der Waals surface area contributed by atoms with Crippen molar-refractivity contribution in [1.82, 2.24) is 29.9 Å². The Kier molecular flexibility index (Phi) is 5.02. The van der Waals surface area contributed by atoms with Gasteiger partial charge in [0.2, 0.25) is 0 Å². The Hall–Kier alpha value is -3.92. The van der Waals surface area contributed by atoms with E-state index in [2.05, 4.69) is 39.9 Å².